The van der Waals surface area contributed by atoms with Crippen LogP contribution in [0.3, 0.4) is 0 Å². The van der Waals surface area contributed by atoms with Crippen molar-refractivity contribution < 1.29 is 14.3 Å². The second-order valence-electron chi connectivity index (χ2n) is 4.90. The van der Waals surface area contributed by atoms with E-state index >= 15 is 0 Å². The number of aliphatic carboxylic acids is 1. The largest absolute Gasteiger partial charge is 0.480 e. The summed E-state index contributed by atoms with van der Waals surface area (Å²) in [5.74, 6) is -1.14. The molecule has 1 aromatic carbocycles. The van der Waals surface area contributed by atoms with Gasteiger partial charge in [-0.2, -0.15) is 0 Å². The lowest BCUT2D eigenvalue weighted by Gasteiger charge is -2.29. The molecule has 1 rings (SSSR count). The van der Waals surface area contributed by atoms with Crippen LogP contribution in [0.5, 0.6) is 0 Å². The predicted octanol–water partition coefficient (Wildman–Crippen LogP) is 1.83. The van der Waals surface area contributed by atoms with Gasteiger partial charge in [0.25, 0.3) is 0 Å². The lowest BCUT2D eigenvalue weighted by Crippen LogP contribution is -2.37. The number of rotatable bonds is 7. The first-order chi connectivity index (χ1) is 8.90. The highest BCUT2D eigenvalue weighted by Crippen LogP contribution is 2.20. The first-order valence-corrected chi connectivity index (χ1v) is 6.26. The van der Waals surface area contributed by atoms with Crippen LogP contribution in [-0.2, 0) is 4.79 Å². The van der Waals surface area contributed by atoms with Crippen LogP contribution in [0, 0.1) is 5.82 Å². The number of carbonyl (C=O) groups is 1. The maximum atomic E-state index is 12.9. The molecule has 1 aromatic rings. The molecule has 0 spiro atoms. The summed E-state index contributed by atoms with van der Waals surface area (Å²) in [5.41, 5.74) is 0.918. The fourth-order valence-corrected chi connectivity index (χ4v) is 1.86. The molecule has 0 fully saturated rings. The maximum Gasteiger partial charge on any atom is 0.317 e. The van der Waals surface area contributed by atoms with Crippen LogP contribution in [0.25, 0.3) is 0 Å². The van der Waals surface area contributed by atoms with E-state index in [9.17, 15) is 9.18 Å². The van der Waals surface area contributed by atoms with E-state index in [0.717, 1.165) is 12.1 Å². The average Bonchev–Trinajstić information content (AvgIpc) is 2.34. The smallest absolute Gasteiger partial charge is 0.317 e. The molecule has 1 N–H and O–H groups in total. The number of benzene rings is 1. The van der Waals surface area contributed by atoms with Gasteiger partial charge in [0.2, 0.25) is 0 Å². The highest BCUT2D eigenvalue weighted by Gasteiger charge is 2.18. The van der Waals surface area contributed by atoms with Crippen molar-refractivity contribution in [3.05, 3.63) is 35.6 Å². The number of carboxylic acids is 1. The normalized spacial score (nSPS) is 12.9. The van der Waals surface area contributed by atoms with Gasteiger partial charge >= 0.3 is 5.97 Å². The standard InChI is InChI=1S/C14H21FN2O2/c1-11(12-4-6-13(15)7-5-12)17(10-14(18)19)9-8-16(2)3/h4-7,11H,8-10H2,1-3H3,(H,18,19). The minimum atomic E-state index is -0.854. The number of likely N-dealkylation sites (N-methyl/N-ethyl adjacent to an activating group) is 1. The van der Waals surface area contributed by atoms with Crippen LogP contribution < -0.4 is 0 Å². The maximum absolute atomic E-state index is 12.9. The van der Waals surface area contributed by atoms with Crippen LogP contribution in [-0.4, -0.2) is 54.6 Å². The van der Waals surface area contributed by atoms with E-state index in [1.165, 1.54) is 12.1 Å². The quantitative estimate of drug-likeness (QED) is 0.819. The number of hydrogen-bond acceptors (Lipinski definition) is 3. The molecule has 0 radical (unpaired) electrons. The monoisotopic (exact) mass is 268 g/mol. The second-order valence-corrected chi connectivity index (χ2v) is 4.90. The number of halogens is 1. The molecule has 19 heavy (non-hydrogen) atoms. The van der Waals surface area contributed by atoms with E-state index < -0.39 is 5.97 Å². The van der Waals surface area contributed by atoms with Gasteiger partial charge in [-0.05, 0) is 38.7 Å². The zero-order valence-corrected chi connectivity index (χ0v) is 11.6. The third kappa shape index (κ3) is 5.36. The van der Waals surface area contributed by atoms with E-state index in [1.54, 1.807) is 12.1 Å². The van der Waals surface area contributed by atoms with Crippen molar-refractivity contribution in [2.75, 3.05) is 33.7 Å². The molecule has 0 saturated heterocycles. The van der Waals surface area contributed by atoms with Crippen LogP contribution >= 0.6 is 0 Å². The molecular weight excluding hydrogens is 247 g/mol. The minimum Gasteiger partial charge on any atom is -0.480 e. The van der Waals surface area contributed by atoms with Gasteiger partial charge in [0.05, 0.1) is 6.54 Å². The second kappa shape index (κ2) is 7.21. The Labute approximate surface area is 113 Å². The Balaban J connectivity index is 2.77. The average molecular weight is 268 g/mol. The van der Waals surface area contributed by atoms with Gasteiger partial charge in [0.1, 0.15) is 5.82 Å². The van der Waals surface area contributed by atoms with Crippen molar-refractivity contribution in [3.63, 3.8) is 0 Å². The Morgan fingerprint density at radius 3 is 2.32 bits per heavy atom. The van der Waals surface area contributed by atoms with Crippen LogP contribution in [0.4, 0.5) is 4.39 Å². The minimum absolute atomic E-state index is 0.0214. The highest BCUT2D eigenvalue weighted by molar-refractivity contribution is 5.69. The Morgan fingerprint density at radius 1 is 1.26 bits per heavy atom. The fourth-order valence-electron chi connectivity index (χ4n) is 1.86. The SMILES string of the molecule is CC(c1ccc(F)cc1)N(CCN(C)C)CC(=O)O. The van der Waals surface area contributed by atoms with Crippen molar-refractivity contribution in [1.29, 1.82) is 0 Å². The van der Waals surface area contributed by atoms with Crippen LogP contribution in [0.2, 0.25) is 0 Å². The van der Waals surface area contributed by atoms with Crippen molar-refractivity contribution >= 4 is 5.97 Å². The van der Waals surface area contributed by atoms with Gasteiger partial charge < -0.3 is 10.0 Å². The van der Waals surface area contributed by atoms with Gasteiger partial charge in [0.15, 0.2) is 0 Å². The van der Waals surface area contributed by atoms with E-state index in [4.69, 9.17) is 5.11 Å². The van der Waals surface area contributed by atoms with Gasteiger partial charge in [0, 0.05) is 19.1 Å². The van der Waals surface area contributed by atoms with E-state index in [-0.39, 0.29) is 18.4 Å². The summed E-state index contributed by atoms with van der Waals surface area (Å²) in [5, 5.41) is 8.97. The zero-order valence-electron chi connectivity index (χ0n) is 11.6. The first kappa shape index (κ1) is 15.6. The van der Waals surface area contributed by atoms with Crippen LogP contribution in [0.15, 0.2) is 24.3 Å². The fraction of sp³-hybridized carbons (Fsp3) is 0.500. The predicted molar refractivity (Wildman–Crippen MR) is 72.6 cm³/mol. The van der Waals surface area contributed by atoms with Crippen LogP contribution in [0.1, 0.15) is 18.5 Å². The number of nitrogens with zero attached hydrogens (tertiary/aromatic N) is 2. The zero-order chi connectivity index (χ0) is 14.4. The topological polar surface area (TPSA) is 43.8 Å². The molecule has 0 aliphatic heterocycles. The van der Waals surface area contributed by atoms with Gasteiger partial charge in [-0.3, -0.25) is 9.69 Å². The van der Waals surface area contributed by atoms with Gasteiger partial charge in [-0.15, -0.1) is 0 Å². The van der Waals surface area contributed by atoms with Gasteiger partial charge in [-0.25, -0.2) is 4.39 Å². The molecule has 4 nitrogen and oxygen atoms in total. The van der Waals surface area contributed by atoms with Crippen molar-refractivity contribution in [2.24, 2.45) is 0 Å². The Bertz CT molecular complexity index is 406. The molecule has 0 aromatic heterocycles. The summed E-state index contributed by atoms with van der Waals surface area (Å²) in [4.78, 5) is 14.8. The molecule has 0 aliphatic carbocycles. The Morgan fingerprint density at radius 2 is 1.84 bits per heavy atom. The molecular formula is C14H21FN2O2. The molecule has 5 heteroatoms. The summed E-state index contributed by atoms with van der Waals surface area (Å²) in [6.45, 7) is 3.34. The molecule has 0 amide bonds. The van der Waals surface area contributed by atoms with Crippen molar-refractivity contribution in [1.82, 2.24) is 9.80 Å². The Kier molecular flexibility index (Phi) is 5.92. The summed E-state index contributed by atoms with van der Waals surface area (Å²) >= 11 is 0. The highest BCUT2D eigenvalue weighted by atomic mass is 19.1. The van der Waals surface area contributed by atoms with E-state index in [2.05, 4.69) is 0 Å². The number of hydrogen-bond donors (Lipinski definition) is 1. The van der Waals surface area contributed by atoms with Gasteiger partial charge in [-0.1, -0.05) is 12.1 Å². The Hall–Kier alpha value is -1.46. The molecule has 0 bridgehead atoms. The summed E-state index contributed by atoms with van der Waals surface area (Å²) in [6, 6.07) is 6.14. The lowest BCUT2D eigenvalue weighted by molar-refractivity contribution is -0.138. The summed E-state index contributed by atoms with van der Waals surface area (Å²) < 4.78 is 12.9. The van der Waals surface area contributed by atoms with E-state index in [1.807, 2.05) is 30.8 Å². The lowest BCUT2D eigenvalue weighted by atomic mass is 10.1. The van der Waals surface area contributed by atoms with Crippen molar-refractivity contribution in [2.45, 2.75) is 13.0 Å². The van der Waals surface area contributed by atoms with Crippen molar-refractivity contribution in [3.8, 4) is 0 Å². The molecule has 106 valence electrons. The molecule has 0 heterocycles. The third-order valence-electron chi connectivity index (χ3n) is 3.07. The first-order valence-electron chi connectivity index (χ1n) is 6.26. The molecule has 0 aliphatic rings. The molecule has 0 saturated carbocycles. The number of carboxylic acid groups (broad SMARTS) is 1. The summed E-state index contributed by atoms with van der Waals surface area (Å²) in [7, 11) is 3.89. The molecule has 1 unspecified atom stereocenters. The third-order valence-corrected chi connectivity index (χ3v) is 3.07. The summed E-state index contributed by atoms with van der Waals surface area (Å²) in [6.07, 6.45) is 0. The van der Waals surface area contributed by atoms with E-state index in [0.29, 0.717) is 6.54 Å². The molecule has 1 atom stereocenters.